The van der Waals surface area contributed by atoms with Gasteiger partial charge in [0.15, 0.2) is 0 Å². The lowest BCUT2D eigenvalue weighted by Crippen LogP contribution is -2.35. The molecule has 2 fully saturated rings. The molecule has 0 aromatic heterocycles. The first kappa shape index (κ1) is 14.9. The lowest BCUT2D eigenvalue weighted by molar-refractivity contribution is 0.424. The van der Waals surface area contributed by atoms with Crippen molar-refractivity contribution in [3.05, 3.63) is 29.3 Å². The summed E-state index contributed by atoms with van der Waals surface area (Å²) in [6.45, 7) is 12.4. The van der Waals surface area contributed by atoms with Gasteiger partial charge < -0.3 is 10.2 Å². The van der Waals surface area contributed by atoms with Crippen LogP contribution in [0.5, 0.6) is 0 Å². The van der Waals surface area contributed by atoms with Crippen LogP contribution in [-0.4, -0.2) is 18.6 Å². The van der Waals surface area contributed by atoms with Crippen LogP contribution < -0.4 is 10.2 Å². The fraction of sp³-hybridized carbons (Fsp3) is 0.684. The van der Waals surface area contributed by atoms with Gasteiger partial charge in [0, 0.05) is 30.9 Å². The van der Waals surface area contributed by atoms with Gasteiger partial charge in [0.1, 0.15) is 0 Å². The van der Waals surface area contributed by atoms with Crippen molar-refractivity contribution in [1.29, 1.82) is 0 Å². The molecule has 1 aliphatic heterocycles. The number of anilines is 1. The Morgan fingerprint density at radius 1 is 1.14 bits per heavy atom. The monoisotopic (exact) mass is 286 g/mol. The van der Waals surface area contributed by atoms with Gasteiger partial charge in [0.2, 0.25) is 0 Å². The normalized spacial score (nSPS) is 25.4. The second-order valence-corrected chi connectivity index (χ2v) is 8.09. The number of fused-ring (bicyclic) bond motifs is 1. The van der Waals surface area contributed by atoms with Crippen LogP contribution in [0, 0.1) is 18.8 Å². The fourth-order valence-electron chi connectivity index (χ4n) is 3.96. The van der Waals surface area contributed by atoms with Crippen LogP contribution in [-0.2, 0) is 6.54 Å². The minimum Gasteiger partial charge on any atom is -0.371 e. The summed E-state index contributed by atoms with van der Waals surface area (Å²) in [5, 5.41) is 3.65. The third kappa shape index (κ3) is 3.42. The van der Waals surface area contributed by atoms with Crippen molar-refractivity contribution >= 4 is 5.69 Å². The molecule has 1 aromatic carbocycles. The van der Waals surface area contributed by atoms with Crippen LogP contribution in [0.1, 0.15) is 51.2 Å². The molecule has 2 aliphatic rings. The third-order valence-electron chi connectivity index (χ3n) is 5.11. The smallest absolute Gasteiger partial charge is 0.0412 e. The van der Waals surface area contributed by atoms with Gasteiger partial charge in [-0.2, -0.15) is 0 Å². The van der Waals surface area contributed by atoms with Gasteiger partial charge in [0.25, 0.3) is 0 Å². The van der Waals surface area contributed by atoms with E-state index < -0.39 is 0 Å². The molecule has 0 amide bonds. The minimum absolute atomic E-state index is 0.169. The van der Waals surface area contributed by atoms with E-state index in [4.69, 9.17) is 0 Å². The molecule has 0 bridgehead atoms. The average molecular weight is 286 g/mol. The molecule has 0 radical (unpaired) electrons. The SMILES string of the molecule is Cc1ccc(N2CC3CCCC3C2)c(CNC(C)(C)C)c1. The first-order valence-electron chi connectivity index (χ1n) is 8.52. The van der Waals surface area contributed by atoms with Crippen molar-refractivity contribution in [2.45, 2.75) is 59.0 Å². The van der Waals surface area contributed by atoms with E-state index in [0.29, 0.717) is 0 Å². The summed E-state index contributed by atoms with van der Waals surface area (Å²) in [7, 11) is 0. The lowest BCUT2D eigenvalue weighted by atomic mass is 10.0. The zero-order chi connectivity index (χ0) is 15.0. The summed E-state index contributed by atoms with van der Waals surface area (Å²) in [4.78, 5) is 2.65. The number of aryl methyl sites for hydroxylation is 1. The quantitative estimate of drug-likeness (QED) is 0.899. The molecule has 2 atom stereocenters. The predicted molar refractivity (Wildman–Crippen MR) is 90.8 cm³/mol. The molecular formula is C19H30N2. The molecular weight excluding hydrogens is 256 g/mol. The Morgan fingerprint density at radius 3 is 2.43 bits per heavy atom. The Hall–Kier alpha value is -1.02. The summed E-state index contributed by atoms with van der Waals surface area (Å²) >= 11 is 0. The first-order chi connectivity index (χ1) is 9.92. The highest BCUT2D eigenvalue weighted by molar-refractivity contribution is 5.56. The van der Waals surface area contributed by atoms with Crippen molar-refractivity contribution in [2.75, 3.05) is 18.0 Å². The zero-order valence-electron chi connectivity index (χ0n) is 14.1. The van der Waals surface area contributed by atoms with E-state index in [1.54, 1.807) is 0 Å². The maximum Gasteiger partial charge on any atom is 0.0412 e. The molecule has 2 unspecified atom stereocenters. The van der Waals surface area contributed by atoms with E-state index in [1.807, 2.05) is 0 Å². The van der Waals surface area contributed by atoms with Gasteiger partial charge in [-0.25, -0.2) is 0 Å². The van der Waals surface area contributed by atoms with Crippen LogP contribution in [0.4, 0.5) is 5.69 Å². The lowest BCUT2D eigenvalue weighted by Gasteiger charge is -2.26. The molecule has 1 N–H and O–H groups in total. The Kier molecular flexibility index (Phi) is 4.00. The fourth-order valence-corrected chi connectivity index (χ4v) is 3.96. The Balaban J connectivity index is 1.78. The number of nitrogens with one attached hydrogen (secondary N) is 1. The summed E-state index contributed by atoms with van der Waals surface area (Å²) < 4.78 is 0. The van der Waals surface area contributed by atoms with Gasteiger partial charge in [-0.05, 0) is 64.0 Å². The standard InChI is InChI=1S/C19H30N2/c1-14-8-9-18(17(10-14)11-20-19(2,3)4)21-12-15-6-5-7-16(15)13-21/h8-10,15-16,20H,5-7,11-13H2,1-4H3. The van der Waals surface area contributed by atoms with E-state index in [9.17, 15) is 0 Å². The summed E-state index contributed by atoms with van der Waals surface area (Å²) in [6.07, 6.45) is 4.35. The summed E-state index contributed by atoms with van der Waals surface area (Å²) in [5.41, 5.74) is 4.46. The highest BCUT2D eigenvalue weighted by Crippen LogP contribution is 2.40. The molecule has 0 spiro atoms. The second kappa shape index (κ2) is 5.64. The molecule has 2 nitrogen and oxygen atoms in total. The Labute approximate surface area is 129 Å². The number of hydrogen-bond acceptors (Lipinski definition) is 2. The number of benzene rings is 1. The molecule has 1 aliphatic carbocycles. The van der Waals surface area contributed by atoms with Crippen molar-refractivity contribution in [3.8, 4) is 0 Å². The van der Waals surface area contributed by atoms with E-state index in [-0.39, 0.29) is 5.54 Å². The predicted octanol–water partition coefficient (Wildman–Crippen LogP) is 4.12. The van der Waals surface area contributed by atoms with Crippen LogP contribution in [0.25, 0.3) is 0 Å². The molecule has 1 heterocycles. The van der Waals surface area contributed by atoms with Gasteiger partial charge in [0.05, 0.1) is 0 Å². The van der Waals surface area contributed by atoms with Crippen molar-refractivity contribution < 1.29 is 0 Å². The average Bonchev–Trinajstić information content (AvgIpc) is 2.96. The molecule has 2 heteroatoms. The highest BCUT2D eigenvalue weighted by Gasteiger charge is 2.36. The third-order valence-corrected chi connectivity index (χ3v) is 5.11. The number of rotatable bonds is 3. The largest absolute Gasteiger partial charge is 0.371 e. The molecule has 1 saturated heterocycles. The van der Waals surface area contributed by atoms with Crippen LogP contribution >= 0.6 is 0 Å². The molecule has 1 saturated carbocycles. The Morgan fingerprint density at radius 2 is 1.81 bits per heavy atom. The maximum atomic E-state index is 3.65. The van der Waals surface area contributed by atoms with Crippen molar-refractivity contribution in [2.24, 2.45) is 11.8 Å². The van der Waals surface area contributed by atoms with E-state index >= 15 is 0 Å². The molecule has 21 heavy (non-hydrogen) atoms. The molecule has 1 aromatic rings. The van der Waals surface area contributed by atoms with Gasteiger partial charge in [-0.1, -0.05) is 24.1 Å². The van der Waals surface area contributed by atoms with Crippen molar-refractivity contribution in [1.82, 2.24) is 5.32 Å². The van der Waals surface area contributed by atoms with E-state index in [1.165, 1.54) is 49.2 Å². The topological polar surface area (TPSA) is 15.3 Å². The van der Waals surface area contributed by atoms with Crippen LogP contribution in [0.2, 0.25) is 0 Å². The minimum atomic E-state index is 0.169. The molecule has 116 valence electrons. The van der Waals surface area contributed by atoms with Crippen LogP contribution in [0.3, 0.4) is 0 Å². The maximum absolute atomic E-state index is 3.65. The van der Waals surface area contributed by atoms with Gasteiger partial charge in [-0.3, -0.25) is 0 Å². The van der Waals surface area contributed by atoms with E-state index in [2.05, 4.69) is 56.1 Å². The first-order valence-corrected chi connectivity index (χ1v) is 8.52. The molecule has 3 rings (SSSR count). The van der Waals surface area contributed by atoms with Crippen molar-refractivity contribution in [3.63, 3.8) is 0 Å². The summed E-state index contributed by atoms with van der Waals surface area (Å²) in [6, 6.07) is 6.97. The number of hydrogen-bond donors (Lipinski definition) is 1. The second-order valence-electron chi connectivity index (χ2n) is 8.09. The Bertz CT molecular complexity index is 489. The number of nitrogens with zero attached hydrogens (tertiary/aromatic N) is 1. The van der Waals surface area contributed by atoms with Gasteiger partial charge in [-0.15, -0.1) is 0 Å². The van der Waals surface area contributed by atoms with Crippen LogP contribution in [0.15, 0.2) is 18.2 Å². The van der Waals surface area contributed by atoms with Gasteiger partial charge >= 0.3 is 0 Å². The highest BCUT2D eigenvalue weighted by atomic mass is 15.2. The van der Waals surface area contributed by atoms with E-state index in [0.717, 1.165) is 18.4 Å². The summed E-state index contributed by atoms with van der Waals surface area (Å²) in [5.74, 6) is 1.91. The zero-order valence-corrected chi connectivity index (χ0v) is 14.1.